The van der Waals surface area contributed by atoms with Crippen molar-refractivity contribution in [1.29, 1.82) is 0 Å². The number of amides is 3. The normalized spacial score (nSPS) is 22.8. The van der Waals surface area contributed by atoms with E-state index in [4.69, 9.17) is 4.74 Å². The number of aromatic nitrogens is 1. The zero-order chi connectivity index (χ0) is 17.4. The highest BCUT2D eigenvalue weighted by atomic mass is 32.1. The molecule has 0 aliphatic carbocycles. The molecule has 0 radical (unpaired) electrons. The lowest BCUT2D eigenvalue weighted by Crippen LogP contribution is -2.48. The number of carbonyl (C=O) groups is 2. The van der Waals surface area contributed by atoms with E-state index in [0.29, 0.717) is 11.6 Å². The van der Waals surface area contributed by atoms with Crippen LogP contribution < -0.4 is 15.4 Å². The van der Waals surface area contributed by atoms with Crippen LogP contribution in [0, 0.1) is 0 Å². The third-order valence-electron chi connectivity index (χ3n) is 4.86. The van der Waals surface area contributed by atoms with E-state index in [2.05, 4.69) is 15.6 Å². The summed E-state index contributed by atoms with van der Waals surface area (Å²) in [4.78, 5) is 30.8. The lowest BCUT2D eigenvalue weighted by molar-refractivity contribution is -0.129. The van der Waals surface area contributed by atoms with Crippen LogP contribution in [0.15, 0.2) is 18.2 Å². The largest absolute Gasteiger partial charge is 0.495 e. The van der Waals surface area contributed by atoms with Crippen LogP contribution in [0.5, 0.6) is 5.75 Å². The fourth-order valence-corrected chi connectivity index (χ4v) is 4.66. The molecule has 2 aliphatic rings. The van der Waals surface area contributed by atoms with Gasteiger partial charge in [-0.15, -0.1) is 0 Å². The molecule has 2 saturated heterocycles. The van der Waals surface area contributed by atoms with E-state index in [9.17, 15) is 9.59 Å². The Labute approximate surface area is 149 Å². The van der Waals surface area contributed by atoms with Crippen molar-refractivity contribution in [3.8, 4) is 5.75 Å². The number of ether oxygens (including phenoxy) is 1. The summed E-state index contributed by atoms with van der Waals surface area (Å²) in [5, 5.41) is 6.26. The standard InChI is InChI=1S/C17H20N4O3S/c1-24-13-7-4-5-10-15(13)25-17(19-10)20-16(23)18-11-9-14(22)21-8-3-2-6-12(11)21/h4-5,7,11-12H,2-3,6,8-9H2,1H3,(H2,18,19,20,23). The van der Waals surface area contributed by atoms with Gasteiger partial charge >= 0.3 is 6.03 Å². The molecule has 2 unspecified atom stereocenters. The molecule has 2 fully saturated rings. The molecular weight excluding hydrogens is 340 g/mol. The van der Waals surface area contributed by atoms with Crippen LogP contribution in [-0.4, -0.2) is 47.6 Å². The SMILES string of the molecule is COc1cccc2nc(NC(=O)NC3CC(=O)N4CCCCC34)sc12. The van der Waals surface area contributed by atoms with Crippen molar-refractivity contribution in [2.75, 3.05) is 19.0 Å². The van der Waals surface area contributed by atoms with E-state index in [1.807, 2.05) is 23.1 Å². The highest BCUT2D eigenvalue weighted by Gasteiger charge is 2.41. The van der Waals surface area contributed by atoms with Crippen LogP contribution in [0.1, 0.15) is 25.7 Å². The van der Waals surface area contributed by atoms with Crippen LogP contribution in [0.4, 0.5) is 9.93 Å². The van der Waals surface area contributed by atoms with Crippen molar-refractivity contribution in [3.63, 3.8) is 0 Å². The van der Waals surface area contributed by atoms with Crippen molar-refractivity contribution in [2.24, 2.45) is 0 Å². The number of nitrogens with one attached hydrogen (secondary N) is 2. The maximum Gasteiger partial charge on any atom is 0.321 e. The first kappa shape index (κ1) is 16.1. The molecule has 0 spiro atoms. The molecule has 4 rings (SSSR count). The minimum Gasteiger partial charge on any atom is -0.495 e. The number of benzene rings is 1. The topological polar surface area (TPSA) is 83.6 Å². The molecular formula is C17H20N4O3S. The second-order valence-electron chi connectivity index (χ2n) is 6.39. The summed E-state index contributed by atoms with van der Waals surface area (Å²) in [6.45, 7) is 0.807. The third-order valence-corrected chi connectivity index (χ3v) is 5.87. The highest BCUT2D eigenvalue weighted by Crippen LogP contribution is 2.33. The molecule has 25 heavy (non-hydrogen) atoms. The van der Waals surface area contributed by atoms with E-state index in [0.717, 1.165) is 41.8 Å². The molecule has 1 aromatic carbocycles. The Balaban J connectivity index is 1.45. The average molecular weight is 360 g/mol. The van der Waals surface area contributed by atoms with Gasteiger partial charge in [-0.1, -0.05) is 17.4 Å². The maximum absolute atomic E-state index is 12.4. The molecule has 2 aliphatic heterocycles. The summed E-state index contributed by atoms with van der Waals surface area (Å²) >= 11 is 1.37. The summed E-state index contributed by atoms with van der Waals surface area (Å²) in [6, 6.07) is 5.30. The van der Waals surface area contributed by atoms with Crippen LogP contribution in [0.3, 0.4) is 0 Å². The first-order valence-corrected chi connectivity index (χ1v) is 9.28. The highest BCUT2D eigenvalue weighted by molar-refractivity contribution is 7.22. The molecule has 2 atom stereocenters. The summed E-state index contributed by atoms with van der Waals surface area (Å²) in [6.07, 6.45) is 3.49. The number of rotatable bonds is 3. The molecule has 2 N–H and O–H groups in total. The number of urea groups is 1. The average Bonchev–Trinajstić information content (AvgIpc) is 3.16. The molecule has 132 valence electrons. The number of hydrogen-bond acceptors (Lipinski definition) is 5. The number of piperidine rings is 1. The lowest BCUT2D eigenvalue weighted by atomic mass is 9.99. The molecule has 2 aromatic rings. The Morgan fingerprint density at radius 3 is 3.12 bits per heavy atom. The Hall–Kier alpha value is -2.35. The first-order valence-electron chi connectivity index (χ1n) is 8.46. The monoisotopic (exact) mass is 360 g/mol. The second kappa shape index (κ2) is 6.51. The Kier molecular flexibility index (Phi) is 4.20. The quantitative estimate of drug-likeness (QED) is 0.881. The number of hydrogen-bond donors (Lipinski definition) is 2. The molecule has 1 aromatic heterocycles. The molecule has 3 amide bonds. The van der Waals surface area contributed by atoms with Gasteiger partial charge in [-0.3, -0.25) is 10.1 Å². The van der Waals surface area contributed by atoms with Gasteiger partial charge in [0.15, 0.2) is 5.13 Å². The Morgan fingerprint density at radius 1 is 1.40 bits per heavy atom. The van der Waals surface area contributed by atoms with Gasteiger partial charge in [0, 0.05) is 13.0 Å². The van der Waals surface area contributed by atoms with E-state index in [1.54, 1.807) is 7.11 Å². The van der Waals surface area contributed by atoms with Crippen LogP contribution >= 0.6 is 11.3 Å². The van der Waals surface area contributed by atoms with Crippen LogP contribution in [0.25, 0.3) is 10.2 Å². The molecule has 0 saturated carbocycles. The second-order valence-corrected chi connectivity index (χ2v) is 7.39. The van der Waals surface area contributed by atoms with E-state index >= 15 is 0 Å². The van der Waals surface area contributed by atoms with Gasteiger partial charge < -0.3 is 15.0 Å². The van der Waals surface area contributed by atoms with Gasteiger partial charge in [0.2, 0.25) is 5.91 Å². The summed E-state index contributed by atoms with van der Waals surface area (Å²) < 4.78 is 6.22. The Bertz CT molecular complexity index is 821. The molecule has 7 nitrogen and oxygen atoms in total. The van der Waals surface area contributed by atoms with E-state index in [1.165, 1.54) is 11.3 Å². The van der Waals surface area contributed by atoms with Crippen molar-refractivity contribution in [2.45, 2.75) is 37.8 Å². The third kappa shape index (κ3) is 3.02. The van der Waals surface area contributed by atoms with Crippen molar-refractivity contribution < 1.29 is 14.3 Å². The number of nitrogens with zero attached hydrogens (tertiary/aromatic N) is 2. The first-order chi connectivity index (χ1) is 12.2. The number of methoxy groups -OCH3 is 1. The Morgan fingerprint density at radius 2 is 2.28 bits per heavy atom. The zero-order valence-corrected chi connectivity index (χ0v) is 14.8. The van der Waals surface area contributed by atoms with Gasteiger partial charge in [-0.05, 0) is 31.4 Å². The van der Waals surface area contributed by atoms with Gasteiger partial charge in [-0.2, -0.15) is 0 Å². The number of carbonyl (C=O) groups excluding carboxylic acids is 2. The van der Waals surface area contributed by atoms with Crippen molar-refractivity contribution in [3.05, 3.63) is 18.2 Å². The van der Waals surface area contributed by atoms with Gasteiger partial charge in [0.05, 0.1) is 29.4 Å². The number of fused-ring (bicyclic) bond motifs is 2. The molecule has 3 heterocycles. The van der Waals surface area contributed by atoms with E-state index < -0.39 is 0 Å². The summed E-state index contributed by atoms with van der Waals surface area (Å²) in [5.74, 6) is 0.877. The van der Waals surface area contributed by atoms with Crippen molar-refractivity contribution >= 4 is 38.6 Å². The molecule has 8 heteroatoms. The van der Waals surface area contributed by atoms with E-state index in [-0.39, 0.29) is 24.0 Å². The number of thiazole rings is 1. The van der Waals surface area contributed by atoms with Gasteiger partial charge in [-0.25, -0.2) is 9.78 Å². The fraction of sp³-hybridized carbons (Fsp3) is 0.471. The van der Waals surface area contributed by atoms with Gasteiger partial charge in [0.25, 0.3) is 0 Å². The molecule has 0 bridgehead atoms. The van der Waals surface area contributed by atoms with Crippen molar-refractivity contribution in [1.82, 2.24) is 15.2 Å². The predicted molar refractivity (Wildman–Crippen MR) is 96.1 cm³/mol. The smallest absolute Gasteiger partial charge is 0.321 e. The van der Waals surface area contributed by atoms with Crippen LogP contribution in [-0.2, 0) is 4.79 Å². The lowest BCUT2D eigenvalue weighted by Gasteiger charge is -2.32. The van der Waals surface area contributed by atoms with Gasteiger partial charge in [0.1, 0.15) is 5.75 Å². The summed E-state index contributed by atoms with van der Waals surface area (Å²) in [5.41, 5.74) is 0.786. The predicted octanol–water partition coefficient (Wildman–Crippen LogP) is 2.58. The van der Waals surface area contributed by atoms with Crippen LogP contribution in [0.2, 0.25) is 0 Å². The maximum atomic E-state index is 12.4. The minimum absolute atomic E-state index is 0.127. The fourth-order valence-electron chi connectivity index (χ4n) is 3.71. The zero-order valence-electron chi connectivity index (χ0n) is 13.9. The number of anilines is 1. The summed E-state index contributed by atoms with van der Waals surface area (Å²) in [7, 11) is 1.61. The minimum atomic E-state index is -0.316.